The van der Waals surface area contributed by atoms with Crippen molar-refractivity contribution in [3.05, 3.63) is 30.6 Å². The Morgan fingerprint density at radius 2 is 2.33 bits per heavy atom. The lowest BCUT2D eigenvalue weighted by atomic mass is 10.2. The van der Waals surface area contributed by atoms with Crippen LogP contribution in [0.5, 0.6) is 0 Å². The monoisotopic (exact) mass is 248 g/mol. The third-order valence-electron chi connectivity index (χ3n) is 2.36. The summed E-state index contributed by atoms with van der Waals surface area (Å²) in [5.41, 5.74) is 0.382. The molecular formula is C13H20N4O. The molecule has 1 rings (SSSR count). The molecule has 0 aliphatic rings. The van der Waals surface area contributed by atoms with Gasteiger partial charge >= 0.3 is 0 Å². The van der Waals surface area contributed by atoms with Gasteiger partial charge < -0.3 is 10.6 Å². The number of anilines is 1. The normalized spacial score (nSPS) is 9.83. The van der Waals surface area contributed by atoms with Crippen molar-refractivity contribution in [2.75, 3.05) is 18.4 Å². The molecule has 0 radical (unpaired) electrons. The van der Waals surface area contributed by atoms with E-state index in [0.717, 1.165) is 19.3 Å². The van der Waals surface area contributed by atoms with Gasteiger partial charge in [-0.05, 0) is 12.5 Å². The lowest BCUT2D eigenvalue weighted by Crippen LogP contribution is -2.25. The lowest BCUT2D eigenvalue weighted by molar-refractivity contribution is 0.0948. The Hall–Kier alpha value is -1.91. The second kappa shape index (κ2) is 8.22. The molecule has 1 amide bonds. The van der Waals surface area contributed by atoms with Gasteiger partial charge in [-0.25, -0.2) is 9.97 Å². The van der Waals surface area contributed by atoms with Crippen molar-refractivity contribution < 1.29 is 4.79 Å². The van der Waals surface area contributed by atoms with Crippen LogP contribution in [-0.2, 0) is 0 Å². The molecule has 0 aliphatic carbocycles. The van der Waals surface area contributed by atoms with Crippen LogP contribution in [0, 0.1) is 0 Å². The first-order valence-electron chi connectivity index (χ1n) is 6.24. The maximum absolute atomic E-state index is 11.8. The van der Waals surface area contributed by atoms with Crippen molar-refractivity contribution in [3.8, 4) is 0 Å². The largest absolute Gasteiger partial charge is 0.351 e. The zero-order chi connectivity index (χ0) is 13.2. The van der Waals surface area contributed by atoms with E-state index in [1.165, 1.54) is 0 Å². The summed E-state index contributed by atoms with van der Waals surface area (Å²) in [5.74, 6) is 0.284. The minimum Gasteiger partial charge on any atom is -0.351 e. The molecule has 0 aliphatic heterocycles. The number of nitrogens with zero attached hydrogens (tertiary/aromatic N) is 2. The highest BCUT2D eigenvalue weighted by Gasteiger charge is 2.07. The highest BCUT2D eigenvalue weighted by Crippen LogP contribution is 2.00. The van der Waals surface area contributed by atoms with Crippen molar-refractivity contribution in [3.63, 3.8) is 0 Å². The Balaban J connectivity index is 2.48. The molecule has 0 saturated heterocycles. The fourth-order valence-electron chi connectivity index (χ4n) is 1.40. The number of nitrogens with one attached hydrogen (secondary N) is 2. The number of rotatable bonds is 8. The molecule has 0 fully saturated rings. The number of amides is 1. The van der Waals surface area contributed by atoms with E-state index in [2.05, 4.69) is 34.1 Å². The molecule has 5 nitrogen and oxygen atoms in total. The topological polar surface area (TPSA) is 66.9 Å². The molecule has 98 valence electrons. The Labute approximate surface area is 108 Å². The van der Waals surface area contributed by atoms with E-state index < -0.39 is 0 Å². The van der Waals surface area contributed by atoms with Crippen molar-refractivity contribution in [2.45, 2.75) is 26.2 Å². The van der Waals surface area contributed by atoms with Crippen LogP contribution >= 0.6 is 0 Å². The SMILES string of the molecule is C=CCNc1nccc(C(=O)NCCCCC)n1. The molecule has 0 spiro atoms. The van der Waals surface area contributed by atoms with E-state index in [9.17, 15) is 4.79 Å². The van der Waals surface area contributed by atoms with E-state index in [-0.39, 0.29) is 5.91 Å². The van der Waals surface area contributed by atoms with Crippen LogP contribution in [0.15, 0.2) is 24.9 Å². The second-order valence-corrected chi connectivity index (χ2v) is 3.90. The number of carbonyl (C=O) groups is 1. The highest BCUT2D eigenvalue weighted by molar-refractivity contribution is 5.92. The van der Waals surface area contributed by atoms with Crippen LogP contribution in [-0.4, -0.2) is 29.0 Å². The number of aromatic nitrogens is 2. The zero-order valence-electron chi connectivity index (χ0n) is 10.8. The molecule has 0 aromatic carbocycles. The lowest BCUT2D eigenvalue weighted by Gasteiger charge is -2.05. The fraction of sp³-hybridized carbons (Fsp3) is 0.462. The fourth-order valence-corrected chi connectivity index (χ4v) is 1.40. The van der Waals surface area contributed by atoms with Gasteiger partial charge in [-0.3, -0.25) is 4.79 Å². The van der Waals surface area contributed by atoms with Crippen LogP contribution in [0.2, 0.25) is 0 Å². The number of unbranched alkanes of at least 4 members (excludes halogenated alkanes) is 2. The van der Waals surface area contributed by atoms with Crippen molar-refractivity contribution in [1.82, 2.24) is 15.3 Å². The van der Waals surface area contributed by atoms with Crippen molar-refractivity contribution in [1.29, 1.82) is 0 Å². The standard InChI is InChI=1S/C13H20N4O/c1-3-5-6-9-14-12(18)11-7-10-16-13(17-11)15-8-4-2/h4,7,10H,2-3,5-6,8-9H2,1H3,(H,14,18)(H,15,16,17). The molecule has 0 unspecified atom stereocenters. The molecule has 2 N–H and O–H groups in total. The zero-order valence-corrected chi connectivity index (χ0v) is 10.8. The summed E-state index contributed by atoms with van der Waals surface area (Å²) in [4.78, 5) is 19.9. The average molecular weight is 248 g/mol. The van der Waals surface area contributed by atoms with Crippen LogP contribution in [0.25, 0.3) is 0 Å². The minimum atomic E-state index is -0.157. The van der Waals surface area contributed by atoms with Gasteiger partial charge in [0.25, 0.3) is 5.91 Å². The third kappa shape index (κ3) is 4.95. The number of hydrogen-bond acceptors (Lipinski definition) is 4. The van der Waals surface area contributed by atoms with Gasteiger partial charge in [0.2, 0.25) is 5.95 Å². The van der Waals surface area contributed by atoms with Crippen LogP contribution in [0.3, 0.4) is 0 Å². The third-order valence-corrected chi connectivity index (χ3v) is 2.36. The Kier molecular flexibility index (Phi) is 6.46. The summed E-state index contributed by atoms with van der Waals surface area (Å²) in [5, 5.41) is 5.79. The van der Waals surface area contributed by atoms with Crippen LogP contribution < -0.4 is 10.6 Å². The minimum absolute atomic E-state index is 0.157. The predicted octanol–water partition coefficient (Wildman–Crippen LogP) is 1.99. The summed E-state index contributed by atoms with van der Waals surface area (Å²) in [6.45, 7) is 6.98. The van der Waals surface area contributed by atoms with E-state index >= 15 is 0 Å². The van der Waals surface area contributed by atoms with Gasteiger partial charge in [0.15, 0.2) is 0 Å². The summed E-state index contributed by atoms with van der Waals surface area (Å²) in [6.07, 6.45) is 6.53. The average Bonchev–Trinajstić information content (AvgIpc) is 2.41. The molecule has 0 saturated carbocycles. The van der Waals surface area contributed by atoms with E-state index in [0.29, 0.717) is 24.7 Å². The van der Waals surface area contributed by atoms with Crippen molar-refractivity contribution >= 4 is 11.9 Å². The maximum atomic E-state index is 11.8. The summed E-state index contributed by atoms with van der Waals surface area (Å²) in [7, 11) is 0. The number of carbonyl (C=O) groups excluding carboxylic acids is 1. The molecule has 0 atom stereocenters. The summed E-state index contributed by atoms with van der Waals surface area (Å²) >= 11 is 0. The Morgan fingerprint density at radius 1 is 1.50 bits per heavy atom. The van der Waals surface area contributed by atoms with Gasteiger partial charge in [-0.15, -0.1) is 6.58 Å². The second-order valence-electron chi connectivity index (χ2n) is 3.90. The van der Waals surface area contributed by atoms with E-state index in [4.69, 9.17) is 0 Å². The van der Waals surface area contributed by atoms with Gasteiger partial charge in [-0.2, -0.15) is 0 Å². The van der Waals surface area contributed by atoms with Gasteiger partial charge in [0.05, 0.1) is 0 Å². The maximum Gasteiger partial charge on any atom is 0.270 e. The Bertz CT molecular complexity index is 392. The molecule has 18 heavy (non-hydrogen) atoms. The predicted molar refractivity (Wildman–Crippen MR) is 72.6 cm³/mol. The van der Waals surface area contributed by atoms with Gasteiger partial charge in [0.1, 0.15) is 5.69 Å². The van der Waals surface area contributed by atoms with Crippen LogP contribution in [0.4, 0.5) is 5.95 Å². The van der Waals surface area contributed by atoms with Gasteiger partial charge in [0, 0.05) is 19.3 Å². The first-order chi connectivity index (χ1) is 8.77. The van der Waals surface area contributed by atoms with E-state index in [1.54, 1.807) is 18.3 Å². The quantitative estimate of drug-likeness (QED) is 0.545. The molecule has 5 heteroatoms. The van der Waals surface area contributed by atoms with Crippen LogP contribution in [0.1, 0.15) is 36.7 Å². The molecule has 1 aromatic rings. The van der Waals surface area contributed by atoms with E-state index in [1.807, 2.05) is 0 Å². The first kappa shape index (κ1) is 14.2. The summed E-state index contributed by atoms with van der Waals surface area (Å²) < 4.78 is 0. The first-order valence-corrected chi connectivity index (χ1v) is 6.24. The number of hydrogen-bond donors (Lipinski definition) is 2. The molecule has 1 heterocycles. The highest BCUT2D eigenvalue weighted by atomic mass is 16.1. The summed E-state index contributed by atoms with van der Waals surface area (Å²) in [6, 6.07) is 1.61. The van der Waals surface area contributed by atoms with Crippen molar-refractivity contribution in [2.24, 2.45) is 0 Å². The molecular weight excluding hydrogens is 228 g/mol. The smallest absolute Gasteiger partial charge is 0.270 e. The Morgan fingerprint density at radius 3 is 3.06 bits per heavy atom. The molecule has 0 bridgehead atoms. The molecule has 1 aromatic heterocycles. The van der Waals surface area contributed by atoms with Gasteiger partial charge in [-0.1, -0.05) is 25.8 Å².